The second-order valence-corrected chi connectivity index (χ2v) is 7.05. The van der Waals surface area contributed by atoms with E-state index >= 15 is 0 Å². The summed E-state index contributed by atoms with van der Waals surface area (Å²) < 4.78 is 31.5. The van der Waals surface area contributed by atoms with E-state index in [1.54, 1.807) is 26.2 Å². The number of carbonyl (C=O) groups excluding carboxylic acids is 3. The van der Waals surface area contributed by atoms with Gasteiger partial charge >= 0.3 is 0 Å². The first-order chi connectivity index (χ1) is 14.7. The molecule has 166 valence electrons. The van der Waals surface area contributed by atoms with Crippen LogP contribution in [0.15, 0.2) is 42.5 Å². The van der Waals surface area contributed by atoms with Crippen LogP contribution >= 0.6 is 0 Å². The first kappa shape index (κ1) is 23.9. The molecule has 0 heterocycles. The number of hydrogen-bond donors (Lipinski definition) is 3. The smallest absolute Gasteiger partial charge is 0.248 e. The van der Waals surface area contributed by atoms with Gasteiger partial charge in [-0.2, -0.15) is 0 Å². The van der Waals surface area contributed by atoms with Gasteiger partial charge in [-0.1, -0.05) is 12.1 Å². The highest BCUT2D eigenvalue weighted by molar-refractivity contribution is 6.00. The maximum Gasteiger partial charge on any atom is 0.248 e. The Hall–Kier alpha value is -3.33. The van der Waals surface area contributed by atoms with Crippen molar-refractivity contribution < 1.29 is 27.9 Å². The lowest BCUT2D eigenvalue weighted by Gasteiger charge is -2.17. The monoisotopic (exact) mass is 433 g/mol. The number of methoxy groups -OCH3 is 1. The normalized spacial score (nSPS) is 12.5. The summed E-state index contributed by atoms with van der Waals surface area (Å²) in [6.07, 6.45) is -0.305. The Balaban J connectivity index is 1.79. The number of ether oxygens (including phenoxy) is 1. The number of halogens is 2. The summed E-state index contributed by atoms with van der Waals surface area (Å²) >= 11 is 0. The molecule has 3 N–H and O–H groups in total. The first-order valence-corrected chi connectivity index (χ1v) is 9.63. The molecular formula is C22H25F2N3O4. The Morgan fingerprint density at radius 1 is 0.903 bits per heavy atom. The van der Waals surface area contributed by atoms with E-state index in [9.17, 15) is 23.2 Å². The molecule has 0 spiro atoms. The average molecular weight is 433 g/mol. The van der Waals surface area contributed by atoms with Crippen molar-refractivity contribution in [3.05, 3.63) is 65.2 Å². The van der Waals surface area contributed by atoms with Gasteiger partial charge in [0, 0.05) is 12.6 Å². The van der Waals surface area contributed by atoms with Crippen molar-refractivity contribution >= 4 is 17.7 Å². The van der Waals surface area contributed by atoms with Crippen LogP contribution in [0.3, 0.4) is 0 Å². The van der Waals surface area contributed by atoms with Crippen LogP contribution in [0, 0.1) is 11.6 Å². The summed E-state index contributed by atoms with van der Waals surface area (Å²) in [6.45, 7) is 3.42. The van der Waals surface area contributed by atoms with Crippen LogP contribution in [-0.4, -0.2) is 36.9 Å². The number of nitrogens with one attached hydrogen (secondary N) is 3. The third kappa shape index (κ3) is 7.78. The first-order valence-electron chi connectivity index (χ1n) is 9.63. The fourth-order valence-corrected chi connectivity index (χ4v) is 2.70. The topological polar surface area (TPSA) is 96.5 Å². The standard InChI is InChI=1S/C22H25F2N3O4/c1-13(25-12-15-4-6-19(31-3)7-5-15)21(29)27-22(30)14(2)26-20(28)10-16-8-17(23)11-18(24)9-16/h4-9,11,13-14,25H,10,12H2,1-3H3,(H,26,28)(H,27,29,30)/t13-,14-/m0/s1. The molecule has 0 radical (unpaired) electrons. The van der Waals surface area contributed by atoms with E-state index < -0.39 is 41.4 Å². The molecule has 2 rings (SSSR count). The second kappa shape index (κ2) is 11.2. The van der Waals surface area contributed by atoms with Gasteiger partial charge in [0.15, 0.2) is 0 Å². The minimum absolute atomic E-state index is 0.134. The fraction of sp³-hybridized carbons (Fsp3) is 0.318. The molecule has 9 heteroatoms. The minimum atomic E-state index is -1.01. The van der Waals surface area contributed by atoms with Gasteiger partial charge in [-0.3, -0.25) is 19.7 Å². The maximum atomic E-state index is 13.2. The predicted molar refractivity (Wildman–Crippen MR) is 110 cm³/mol. The lowest BCUT2D eigenvalue weighted by molar-refractivity contribution is -0.134. The highest BCUT2D eigenvalue weighted by Crippen LogP contribution is 2.11. The Morgan fingerprint density at radius 3 is 2.06 bits per heavy atom. The van der Waals surface area contributed by atoms with Gasteiger partial charge in [-0.25, -0.2) is 8.78 Å². The highest BCUT2D eigenvalue weighted by Gasteiger charge is 2.21. The molecule has 0 bridgehead atoms. The highest BCUT2D eigenvalue weighted by atomic mass is 19.1. The van der Waals surface area contributed by atoms with Gasteiger partial charge in [-0.05, 0) is 49.2 Å². The van der Waals surface area contributed by atoms with Crippen LogP contribution < -0.4 is 20.7 Å². The quantitative estimate of drug-likeness (QED) is 0.561. The van der Waals surface area contributed by atoms with Crippen LogP contribution in [0.2, 0.25) is 0 Å². The van der Waals surface area contributed by atoms with Crippen molar-refractivity contribution in [2.75, 3.05) is 7.11 Å². The van der Waals surface area contributed by atoms with Crippen LogP contribution in [-0.2, 0) is 27.3 Å². The number of amides is 3. The van der Waals surface area contributed by atoms with Crippen molar-refractivity contribution in [1.29, 1.82) is 0 Å². The minimum Gasteiger partial charge on any atom is -0.497 e. The van der Waals surface area contributed by atoms with Crippen molar-refractivity contribution in [3.63, 3.8) is 0 Å². The van der Waals surface area contributed by atoms with Crippen LogP contribution in [0.5, 0.6) is 5.75 Å². The summed E-state index contributed by atoms with van der Waals surface area (Å²) in [5, 5.41) is 7.63. The van der Waals surface area contributed by atoms with Gasteiger partial charge in [0.2, 0.25) is 17.7 Å². The van der Waals surface area contributed by atoms with E-state index in [2.05, 4.69) is 16.0 Å². The summed E-state index contributed by atoms with van der Waals surface area (Å²) in [7, 11) is 1.57. The molecule has 2 atom stereocenters. The van der Waals surface area contributed by atoms with Crippen LogP contribution in [0.1, 0.15) is 25.0 Å². The van der Waals surface area contributed by atoms with E-state index in [4.69, 9.17) is 4.74 Å². The van der Waals surface area contributed by atoms with Crippen LogP contribution in [0.4, 0.5) is 8.78 Å². The number of hydrogen-bond acceptors (Lipinski definition) is 5. The molecular weight excluding hydrogens is 408 g/mol. The van der Waals surface area contributed by atoms with E-state index in [0.29, 0.717) is 12.6 Å². The van der Waals surface area contributed by atoms with Crippen molar-refractivity contribution in [3.8, 4) is 5.75 Å². The zero-order valence-electron chi connectivity index (χ0n) is 17.5. The van der Waals surface area contributed by atoms with E-state index in [1.807, 2.05) is 12.1 Å². The molecule has 7 nitrogen and oxygen atoms in total. The Morgan fingerprint density at radius 2 is 1.48 bits per heavy atom. The molecule has 0 saturated heterocycles. The molecule has 0 saturated carbocycles. The van der Waals surface area contributed by atoms with Gasteiger partial charge in [0.25, 0.3) is 0 Å². The summed E-state index contributed by atoms with van der Waals surface area (Å²) in [5.41, 5.74) is 1.07. The number of benzene rings is 2. The molecule has 3 amide bonds. The molecule has 0 aliphatic rings. The second-order valence-electron chi connectivity index (χ2n) is 7.05. The number of imide groups is 1. The maximum absolute atomic E-state index is 13.2. The Labute approximate surface area is 179 Å². The van der Waals surface area contributed by atoms with Gasteiger partial charge < -0.3 is 15.4 Å². The molecule has 0 unspecified atom stereocenters. The SMILES string of the molecule is COc1ccc(CN[C@@H](C)C(=O)NC(=O)[C@H](C)NC(=O)Cc2cc(F)cc(F)c2)cc1. The fourth-order valence-electron chi connectivity index (χ4n) is 2.70. The van der Waals surface area contributed by atoms with Crippen LogP contribution in [0.25, 0.3) is 0 Å². The number of carbonyl (C=O) groups is 3. The largest absolute Gasteiger partial charge is 0.497 e. The molecule has 0 fully saturated rings. The summed E-state index contributed by atoms with van der Waals surface area (Å²) in [5.74, 6) is -2.72. The Bertz CT molecular complexity index is 915. The third-order valence-corrected chi connectivity index (χ3v) is 4.47. The average Bonchev–Trinajstić information content (AvgIpc) is 2.71. The van der Waals surface area contributed by atoms with E-state index in [-0.39, 0.29) is 12.0 Å². The van der Waals surface area contributed by atoms with Gasteiger partial charge in [0.1, 0.15) is 23.4 Å². The van der Waals surface area contributed by atoms with Crippen molar-refractivity contribution in [2.45, 2.75) is 38.9 Å². The Kier molecular flexibility index (Phi) is 8.63. The molecule has 0 aliphatic carbocycles. The molecule has 31 heavy (non-hydrogen) atoms. The lowest BCUT2D eigenvalue weighted by atomic mass is 10.1. The third-order valence-electron chi connectivity index (χ3n) is 4.47. The zero-order valence-corrected chi connectivity index (χ0v) is 17.5. The molecule has 0 aromatic heterocycles. The van der Waals surface area contributed by atoms with E-state index in [0.717, 1.165) is 23.4 Å². The van der Waals surface area contributed by atoms with E-state index in [1.165, 1.54) is 6.92 Å². The lowest BCUT2D eigenvalue weighted by Crippen LogP contribution is -2.51. The summed E-state index contributed by atoms with van der Waals surface area (Å²) in [6, 6.07) is 8.40. The van der Waals surface area contributed by atoms with Crippen molar-refractivity contribution in [1.82, 2.24) is 16.0 Å². The summed E-state index contributed by atoms with van der Waals surface area (Å²) in [4.78, 5) is 36.4. The predicted octanol–water partition coefficient (Wildman–Crippen LogP) is 1.84. The number of rotatable bonds is 9. The van der Waals surface area contributed by atoms with Gasteiger partial charge in [0.05, 0.1) is 19.6 Å². The van der Waals surface area contributed by atoms with Crippen molar-refractivity contribution in [2.24, 2.45) is 0 Å². The molecule has 2 aromatic carbocycles. The zero-order chi connectivity index (χ0) is 23.0. The van der Waals surface area contributed by atoms with Gasteiger partial charge in [-0.15, -0.1) is 0 Å². The molecule has 0 aliphatic heterocycles. The molecule has 2 aromatic rings.